The molecule has 2 aromatic rings. The summed E-state index contributed by atoms with van der Waals surface area (Å²) in [5.41, 5.74) is 3.54. The zero-order chi connectivity index (χ0) is 15.2. The Morgan fingerprint density at radius 1 is 1.00 bits per heavy atom. The number of ether oxygens (including phenoxy) is 2. The van der Waals surface area contributed by atoms with Gasteiger partial charge in [-0.15, -0.1) is 0 Å². The van der Waals surface area contributed by atoms with Gasteiger partial charge in [-0.1, -0.05) is 24.3 Å². The van der Waals surface area contributed by atoms with Gasteiger partial charge in [0.15, 0.2) is 11.5 Å². The molecule has 0 aliphatic rings. The quantitative estimate of drug-likeness (QED) is 0.857. The highest BCUT2D eigenvalue weighted by atomic mass is 16.5. The van der Waals surface area contributed by atoms with Crippen molar-refractivity contribution in [2.45, 2.75) is 20.0 Å². The van der Waals surface area contributed by atoms with E-state index in [-0.39, 0.29) is 5.75 Å². The SMILES string of the molecule is COc1cc(CNCc2ccccc2C)cc(OC)c1O. The van der Waals surface area contributed by atoms with Crippen molar-refractivity contribution < 1.29 is 14.6 Å². The fourth-order valence-electron chi connectivity index (χ4n) is 2.20. The lowest BCUT2D eigenvalue weighted by Gasteiger charge is -2.12. The van der Waals surface area contributed by atoms with Crippen LogP contribution in [0.15, 0.2) is 36.4 Å². The first-order valence-corrected chi connectivity index (χ1v) is 6.84. The van der Waals surface area contributed by atoms with E-state index in [1.807, 2.05) is 24.3 Å². The summed E-state index contributed by atoms with van der Waals surface area (Å²) in [6, 6.07) is 11.9. The minimum Gasteiger partial charge on any atom is -0.502 e. The van der Waals surface area contributed by atoms with Crippen LogP contribution in [0, 0.1) is 6.92 Å². The van der Waals surface area contributed by atoms with E-state index in [0.717, 1.165) is 12.1 Å². The molecule has 2 rings (SSSR count). The van der Waals surface area contributed by atoms with Gasteiger partial charge in [0.1, 0.15) is 0 Å². The van der Waals surface area contributed by atoms with Crippen LogP contribution in [0.1, 0.15) is 16.7 Å². The summed E-state index contributed by atoms with van der Waals surface area (Å²) in [5.74, 6) is 0.867. The molecular formula is C17H21NO3. The maximum absolute atomic E-state index is 9.88. The molecule has 0 amide bonds. The van der Waals surface area contributed by atoms with Crippen molar-refractivity contribution in [1.29, 1.82) is 0 Å². The molecule has 0 radical (unpaired) electrons. The van der Waals surface area contributed by atoms with Crippen LogP contribution in [0.25, 0.3) is 0 Å². The summed E-state index contributed by atoms with van der Waals surface area (Å²) in [7, 11) is 3.05. The second-order valence-electron chi connectivity index (χ2n) is 4.88. The maximum atomic E-state index is 9.88. The number of aromatic hydroxyl groups is 1. The molecule has 0 aliphatic carbocycles. The standard InChI is InChI=1S/C17H21NO3/c1-12-6-4-5-7-14(12)11-18-10-13-8-15(20-2)17(19)16(9-13)21-3/h4-9,18-19H,10-11H2,1-3H3. The Labute approximate surface area is 125 Å². The predicted molar refractivity (Wildman–Crippen MR) is 82.9 cm³/mol. The third-order valence-electron chi connectivity index (χ3n) is 3.45. The van der Waals surface area contributed by atoms with E-state index in [9.17, 15) is 5.11 Å². The number of nitrogens with one attached hydrogen (secondary N) is 1. The highest BCUT2D eigenvalue weighted by Crippen LogP contribution is 2.37. The average molecular weight is 287 g/mol. The Balaban J connectivity index is 2.05. The van der Waals surface area contributed by atoms with E-state index >= 15 is 0 Å². The Bertz CT molecular complexity index is 586. The zero-order valence-electron chi connectivity index (χ0n) is 12.6. The van der Waals surface area contributed by atoms with Crippen molar-refractivity contribution >= 4 is 0 Å². The van der Waals surface area contributed by atoms with Gasteiger partial charge in [0, 0.05) is 13.1 Å². The molecule has 0 spiro atoms. The molecule has 0 heterocycles. The van der Waals surface area contributed by atoms with Crippen LogP contribution >= 0.6 is 0 Å². The van der Waals surface area contributed by atoms with Crippen LogP contribution in [0.2, 0.25) is 0 Å². The summed E-state index contributed by atoms with van der Waals surface area (Å²) >= 11 is 0. The minimum atomic E-state index is 0.0302. The van der Waals surface area contributed by atoms with Crippen molar-refractivity contribution in [2.24, 2.45) is 0 Å². The van der Waals surface area contributed by atoms with Crippen LogP contribution < -0.4 is 14.8 Å². The van der Waals surface area contributed by atoms with Crippen molar-refractivity contribution in [3.05, 3.63) is 53.1 Å². The van der Waals surface area contributed by atoms with Gasteiger partial charge in [-0.25, -0.2) is 0 Å². The van der Waals surface area contributed by atoms with Crippen molar-refractivity contribution in [3.8, 4) is 17.2 Å². The lowest BCUT2D eigenvalue weighted by molar-refractivity contribution is 0.339. The van der Waals surface area contributed by atoms with E-state index in [4.69, 9.17) is 9.47 Å². The van der Waals surface area contributed by atoms with Gasteiger partial charge in [-0.05, 0) is 35.7 Å². The third-order valence-corrected chi connectivity index (χ3v) is 3.45. The van der Waals surface area contributed by atoms with Crippen molar-refractivity contribution in [2.75, 3.05) is 14.2 Å². The number of hydrogen-bond acceptors (Lipinski definition) is 4. The molecule has 0 aliphatic heterocycles. The number of hydrogen-bond donors (Lipinski definition) is 2. The van der Waals surface area contributed by atoms with E-state index in [2.05, 4.69) is 24.4 Å². The summed E-state index contributed by atoms with van der Waals surface area (Å²) in [4.78, 5) is 0. The number of benzene rings is 2. The summed E-state index contributed by atoms with van der Waals surface area (Å²) in [6.45, 7) is 3.56. The van der Waals surface area contributed by atoms with Crippen LogP contribution in [0.5, 0.6) is 17.2 Å². The summed E-state index contributed by atoms with van der Waals surface area (Å²) < 4.78 is 10.3. The number of aryl methyl sites for hydroxylation is 1. The second kappa shape index (κ2) is 6.99. The number of phenols is 1. The van der Waals surface area contributed by atoms with Gasteiger partial charge >= 0.3 is 0 Å². The Hall–Kier alpha value is -2.20. The van der Waals surface area contributed by atoms with Gasteiger partial charge < -0.3 is 19.9 Å². The summed E-state index contributed by atoms with van der Waals surface area (Å²) in [6.07, 6.45) is 0. The predicted octanol–water partition coefficient (Wildman–Crippen LogP) is 3.01. The molecule has 112 valence electrons. The molecule has 2 N–H and O–H groups in total. The van der Waals surface area contributed by atoms with Gasteiger partial charge in [-0.3, -0.25) is 0 Å². The first-order valence-electron chi connectivity index (χ1n) is 6.84. The van der Waals surface area contributed by atoms with E-state index < -0.39 is 0 Å². The van der Waals surface area contributed by atoms with Crippen molar-refractivity contribution in [3.63, 3.8) is 0 Å². The number of rotatable bonds is 6. The molecule has 21 heavy (non-hydrogen) atoms. The highest BCUT2D eigenvalue weighted by molar-refractivity contribution is 5.52. The molecule has 0 aromatic heterocycles. The normalized spacial score (nSPS) is 10.4. The molecule has 2 aromatic carbocycles. The largest absolute Gasteiger partial charge is 0.502 e. The van der Waals surface area contributed by atoms with Crippen LogP contribution in [0.3, 0.4) is 0 Å². The fraction of sp³-hybridized carbons (Fsp3) is 0.294. The van der Waals surface area contributed by atoms with Gasteiger partial charge in [0.25, 0.3) is 0 Å². The second-order valence-corrected chi connectivity index (χ2v) is 4.88. The Kier molecular flexibility index (Phi) is 5.06. The molecule has 0 bridgehead atoms. The van der Waals surface area contributed by atoms with Crippen molar-refractivity contribution in [1.82, 2.24) is 5.32 Å². The molecule has 0 fully saturated rings. The lowest BCUT2D eigenvalue weighted by atomic mass is 10.1. The topological polar surface area (TPSA) is 50.7 Å². The smallest absolute Gasteiger partial charge is 0.200 e. The maximum Gasteiger partial charge on any atom is 0.200 e. The van der Waals surface area contributed by atoms with E-state index in [1.165, 1.54) is 25.3 Å². The Morgan fingerprint density at radius 2 is 1.62 bits per heavy atom. The molecule has 4 heteroatoms. The third kappa shape index (κ3) is 3.67. The van der Waals surface area contributed by atoms with Crippen LogP contribution in [-0.4, -0.2) is 19.3 Å². The van der Waals surface area contributed by atoms with Crippen LogP contribution in [0.4, 0.5) is 0 Å². The van der Waals surface area contributed by atoms with Gasteiger partial charge in [0.05, 0.1) is 14.2 Å². The Morgan fingerprint density at radius 3 is 2.19 bits per heavy atom. The van der Waals surface area contributed by atoms with Gasteiger partial charge in [0.2, 0.25) is 5.75 Å². The minimum absolute atomic E-state index is 0.0302. The monoisotopic (exact) mass is 287 g/mol. The first-order chi connectivity index (χ1) is 10.2. The molecular weight excluding hydrogens is 266 g/mol. The number of phenolic OH excluding ortho intramolecular Hbond substituents is 1. The number of methoxy groups -OCH3 is 2. The lowest BCUT2D eigenvalue weighted by Crippen LogP contribution is -2.13. The highest BCUT2D eigenvalue weighted by Gasteiger charge is 2.10. The van der Waals surface area contributed by atoms with E-state index in [0.29, 0.717) is 18.0 Å². The molecule has 4 nitrogen and oxygen atoms in total. The molecule has 0 unspecified atom stereocenters. The fourth-order valence-corrected chi connectivity index (χ4v) is 2.20. The van der Waals surface area contributed by atoms with E-state index in [1.54, 1.807) is 0 Å². The average Bonchev–Trinajstić information content (AvgIpc) is 2.50. The molecule has 0 saturated heterocycles. The molecule has 0 atom stereocenters. The summed E-state index contributed by atoms with van der Waals surface area (Å²) in [5, 5.41) is 13.3. The van der Waals surface area contributed by atoms with Gasteiger partial charge in [-0.2, -0.15) is 0 Å². The molecule has 0 saturated carbocycles. The van der Waals surface area contributed by atoms with Crippen LogP contribution in [-0.2, 0) is 13.1 Å². The first kappa shape index (κ1) is 15.2. The zero-order valence-corrected chi connectivity index (χ0v) is 12.6.